The summed E-state index contributed by atoms with van der Waals surface area (Å²) in [4.78, 5) is 0. The zero-order chi connectivity index (χ0) is 7.61. The molecule has 1 nitrogen and oxygen atoms in total. The van der Waals surface area contributed by atoms with Crippen LogP contribution >= 0.6 is 11.8 Å². The van der Waals surface area contributed by atoms with Gasteiger partial charge in [-0.25, -0.2) is 0 Å². The second-order valence-electron chi connectivity index (χ2n) is 4.18. The molecular formula is C8H17NS. The van der Waals surface area contributed by atoms with Crippen LogP contribution in [0.4, 0.5) is 0 Å². The minimum atomic E-state index is 0.445. The summed E-state index contributed by atoms with van der Waals surface area (Å²) in [6.07, 6.45) is 0. The molecule has 1 rings (SSSR count). The maximum atomic E-state index is 3.54. The van der Waals surface area contributed by atoms with Crippen molar-refractivity contribution in [3.05, 3.63) is 0 Å². The van der Waals surface area contributed by atoms with E-state index in [1.54, 1.807) is 0 Å². The van der Waals surface area contributed by atoms with Crippen molar-refractivity contribution in [2.45, 2.75) is 26.8 Å². The Hall–Kier alpha value is 0.310. The van der Waals surface area contributed by atoms with E-state index < -0.39 is 0 Å². The molecule has 60 valence electrons. The number of rotatable bonds is 2. The minimum absolute atomic E-state index is 0.445. The largest absolute Gasteiger partial charge is 0.312 e. The Kier molecular flexibility index (Phi) is 2.64. The summed E-state index contributed by atoms with van der Waals surface area (Å²) < 4.78 is 0. The SMILES string of the molecule is CC(C)(C)CNC1CSC1. The maximum absolute atomic E-state index is 3.54. The van der Waals surface area contributed by atoms with Crippen molar-refractivity contribution in [1.29, 1.82) is 0 Å². The summed E-state index contributed by atoms with van der Waals surface area (Å²) in [6.45, 7) is 7.96. The fraction of sp³-hybridized carbons (Fsp3) is 1.00. The average Bonchev–Trinajstić information content (AvgIpc) is 1.56. The van der Waals surface area contributed by atoms with Gasteiger partial charge in [-0.2, -0.15) is 11.8 Å². The van der Waals surface area contributed by atoms with Crippen LogP contribution < -0.4 is 5.32 Å². The first-order chi connectivity index (χ1) is 4.58. The second kappa shape index (κ2) is 3.14. The van der Waals surface area contributed by atoms with Crippen LogP contribution in [0.1, 0.15) is 20.8 Å². The molecule has 1 aliphatic heterocycles. The van der Waals surface area contributed by atoms with Crippen molar-refractivity contribution in [2.24, 2.45) is 5.41 Å². The van der Waals surface area contributed by atoms with Crippen LogP contribution in [0.2, 0.25) is 0 Å². The van der Waals surface area contributed by atoms with Crippen LogP contribution in [0.3, 0.4) is 0 Å². The fourth-order valence-electron chi connectivity index (χ4n) is 0.804. The Morgan fingerprint density at radius 3 is 2.30 bits per heavy atom. The quantitative estimate of drug-likeness (QED) is 0.658. The van der Waals surface area contributed by atoms with Crippen molar-refractivity contribution in [1.82, 2.24) is 5.32 Å². The molecule has 0 aromatic heterocycles. The maximum Gasteiger partial charge on any atom is 0.0249 e. The van der Waals surface area contributed by atoms with Gasteiger partial charge in [-0.1, -0.05) is 20.8 Å². The van der Waals surface area contributed by atoms with Crippen molar-refractivity contribution < 1.29 is 0 Å². The highest BCUT2D eigenvalue weighted by molar-refractivity contribution is 8.00. The van der Waals surface area contributed by atoms with Gasteiger partial charge in [0.15, 0.2) is 0 Å². The highest BCUT2D eigenvalue weighted by atomic mass is 32.2. The third kappa shape index (κ3) is 2.93. The number of hydrogen-bond donors (Lipinski definition) is 1. The third-order valence-electron chi connectivity index (χ3n) is 1.56. The van der Waals surface area contributed by atoms with E-state index in [4.69, 9.17) is 0 Å². The molecule has 0 aliphatic carbocycles. The lowest BCUT2D eigenvalue weighted by atomic mass is 9.97. The van der Waals surface area contributed by atoms with Gasteiger partial charge in [0.25, 0.3) is 0 Å². The molecule has 0 atom stereocenters. The molecular weight excluding hydrogens is 142 g/mol. The topological polar surface area (TPSA) is 12.0 Å². The first-order valence-corrected chi connectivity index (χ1v) is 5.04. The van der Waals surface area contributed by atoms with Gasteiger partial charge in [0.2, 0.25) is 0 Å². The molecule has 0 bridgehead atoms. The fourth-order valence-corrected chi connectivity index (χ4v) is 1.51. The molecule has 0 amide bonds. The summed E-state index contributed by atoms with van der Waals surface area (Å²) in [6, 6.07) is 0.809. The first kappa shape index (κ1) is 8.41. The highest BCUT2D eigenvalue weighted by Gasteiger charge is 2.19. The zero-order valence-corrected chi connectivity index (χ0v) is 7.92. The third-order valence-corrected chi connectivity index (χ3v) is 2.84. The minimum Gasteiger partial charge on any atom is -0.312 e. The van der Waals surface area contributed by atoms with Gasteiger partial charge in [-0.3, -0.25) is 0 Å². The molecule has 0 spiro atoms. The van der Waals surface area contributed by atoms with E-state index >= 15 is 0 Å². The average molecular weight is 159 g/mol. The normalized spacial score (nSPS) is 20.7. The van der Waals surface area contributed by atoms with E-state index in [9.17, 15) is 0 Å². The van der Waals surface area contributed by atoms with Gasteiger partial charge in [0, 0.05) is 24.1 Å². The summed E-state index contributed by atoms with van der Waals surface area (Å²) in [5, 5.41) is 3.54. The van der Waals surface area contributed by atoms with Crippen molar-refractivity contribution in [3.8, 4) is 0 Å². The van der Waals surface area contributed by atoms with Crippen molar-refractivity contribution >= 4 is 11.8 Å². The second-order valence-corrected chi connectivity index (χ2v) is 5.25. The first-order valence-electron chi connectivity index (χ1n) is 3.89. The van der Waals surface area contributed by atoms with Crippen molar-refractivity contribution in [3.63, 3.8) is 0 Å². The predicted octanol–water partition coefficient (Wildman–Crippen LogP) is 1.74. The lowest BCUT2D eigenvalue weighted by Crippen LogP contribution is -2.43. The monoisotopic (exact) mass is 159 g/mol. The number of thioether (sulfide) groups is 1. The van der Waals surface area contributed by atoms with Crippen LogP contribution in [0.25, 0.3) is 0 Å². The van der Waals surface area contributed by atoms with Crippen LogP contribution in [0, 0.1) is 5.41 Å². The molecule has 1 aliphatic rings. The molecule has 1 fully saturated rings. The summed E-state index contributed by atoms with van der Waals surface area (Å²) in [5.74, 6) is 2.63. The van der Waals surface area contributed by atoms with E-state index in [0.29, 0.717) is 5.41 Å². The Morgan fingerprint density at radius 2 is 2.00 bits per heavy atom. The number of nitrogens with one attached hydrogen (secondary N) is 1. The van der Waals surface area contributed by atoms with Gasteiger partial charge >= 0.3 is 0 Å². The van der Waals surface area contributed by atoms with Crippen molar-refractivity contribution in [2.75, 3.05) is 18.1 Å². The molecule has 2 heteroatoms. The summed E-state index contributed by atoms with van der Waals surface area (Å²) in [7, 11) is 0. The molecule has 1 saturated heterocycles. The molecule has 0 aromatic carbocycles. The van der Waals surface area contributed by atoms with E-state index in [0.717, 1.165) is 12.6 Å². The van der Waals surface area contributed by atoms with E-state index in [-0.39, 0.29) is 0 Å². The zero-order valence-electron chi connectivity index (χ0n) is 7.11. The van der Waals surface area contributed by atoms with Crippen LogP contribution in [-0.2, 0) is 0 Å². The lowest BCUT2D eigenvalue weighted by molar-refractivity contribution is 0.363. The molecule has 0 aromatic rings. The van der Waals surface area contributed by atoms with Gasteiger partial charge in [-0.15, -0.1) is 0 Å². The van der Waals surface area contributed by atoms with Crippen LogP contribution in [0.15, 0.2) is 0 Å². The van der Waals surface area contributed by atoms with Gasteiger partial charge < -0.3 is 5.32 Å². The molecule has 1 N–H and O–H groups in total. The van der Waals surface area contributed by atoms with E-state index in [2.05, 4.69) is 26.1 Å². The Bertz CT molecular complexity index is 102. The Morgan fingerprint density at radius 1 is 1.40 bits per heavy atom. The van der Waals surface area contributed by atoms with Gasteiger partial charge in [0.1, 0.15) is 0 Å². The summed E-state index contributed by atoms with van der Waals surface area (Å²) >= 11 is 2.03. The van der Waals surface area contributed by atoms with E-state index in [1.807, 2.05) is 11.8 Å². The van der Waals surface area contributed by atoms with Crippen LogP contribution in [-0.4, -0.2) is 24.1 Å². The molecule has 0 radical (unpaired) electrons. The molecule has 10 heavy (non-hydrogen) atoms. The summed E-state index contributed by atoms with van der Waals surface area (Å²) in [5.41, 5.74) is 0.445. The Labute approximate surface area is 68.0 Å². The smallest absolute Gasteiger partial charge is 0.0249 e. The number of hydrogen-bond acceptors (Lipinski definition) is 2. The predicted molar refractivity (Wildman–Crippen MR) is 48.6 cm³/mol. The van der Waals surface area contributed by atoms with E-state index in [1.165, 1.54) is 11.5 Å². The molecule has 1 heterocycles. The molecule has 0 unspecified atom stereocenters. The molecule has 0 saturated carbocycles. The standard InChI is InChI=1S/C8H17NS/c1-8(2,3)6-9-7-4-10-5-7/h7,9H,4-6H2,1-3H3. The van der Waals surface area contributed by atoms with Gasteiger partial charge in [0.05, 0.1) is 0 Å². The Balaban J connectivity index is 2.04. The lowest BCUT2D eigenvalue weighted by Gasteiger charge is -2.29. The van der Waals surface area contributed by atoms with Gasteiger partial charge in [-0.05, 0) is 5.41 Å². The van der Waals surface area contributed by atoms with Crippen LogP contribution in [0.5, 0.6) is 0 Å². The highest BCUT2D eigenvalue weighted by Crippen LogP contribution is 2.19.